The van der Waals surface area contributed by atoms with Gasteiger partial charge in [0.05, 0.1) is 40.1 Å². The Labute approximate surface area is 209 Å². The van der Waals surface area contributed by atoms with Gasteiger partial charge in [0.25, 0.3) is 5.91 Å². The second-order valence-corrected chi connectivity index (χ2v) is 9.02. The van der Waals surface area contributed by atoms with E-state index >= 15 is 4.39 Å². The molecule has 1 atom stereocenters. The van der Waals surface area contributed by atoms with E-state index in [2.05, 4.69) is 10.1 Å². The van der Waals surface area contributed by atoms with E-state index in [1.165, 1.54) is 53.6 Å². The largest absolute Gasteiger partial charge is 0.363 e. The number of benzene rings is 2. The molecule has 2 aromatic heterocycles. The van der Waals surface area contributed by atoms with Crippen LogP contribution in [0.2, 0.25) is 10.0 Å². The van der Waals surface area contributed by atoms with Crippen molar-refractivity contribution in [2.45, 2.75) is 12.3 Å². The standard InChI is InChI=1S/C25H17Cl2FN4O3/c1-31-12-15(10-30-31)23(33)14-8-20-22(21(28)9-14)25(35,16-2-4-17(26)5-3-16)32(24(20)34)13-19-7-6-18(27)11-29-19/h2-12,35H,13H2,1H3. The van der Waals surface area contributed by atoms with Gasteiger partial charge in [-0.3, -0.25) is 24.2 Å². The fraction of sp³-hybridized carbons (Fsp3) is 0.120. The average molecular weight is 511 g/mol. The molecule has 2 aromatic carbocycles. The number of hydrogen-bond donors (Lipinski definition) is 1. The van der Waals surface area contributed by atoms with Crippen molar-refractivity contribution in [3.05, 3.63) is 116 Å². The fourth-order valence-electron chi connectivity index (χ4n) is 4.22. The third kappa shape index (κ3) is 3.89. The van der Waals surface area contributed by atoms with E-state index in [9.17, 15) is 14.7 Å². The molecule has 1 aliphatic heterocycles. The second kappa shape index (κ2) is 8.57. The summed E-state index contributed by atoms with van der Waals surface area (Å²) in [6.07, 6.45) is 4.27. The minimum Gasteiger partial charge on any atom is -0.363 e. The molecule has 0 fully saturated rings. The Morgan fingerprint density at radius 2 is 1.77 bits per heavy atom. The van der Waals surface area contributed by atoms with Gasteiger partial charge in [-0.2, -0.15) is 5.10 Å². The van der Waals surface area contributed by atoms with Gasteiger partial charge in [0, 0.05) is 35.6 Å². The van der Waals surface area contributed by atoms with Crippen LogP contribution < -0.4 is 0 Å². The summed E-state index contributed by atoms with van der Waals surface area (Å²) in [4.78, 5) is 31.8. The Morgan fingerprint density at radius 1 is 1.06 bits per heavy atom. The maximum atomic E-state index is 15.7. The van der Waals surface area contributed by atoms with E-state index in [1.54, 1.807) is 19.2 Å². The maximum absolute atomic E-state index is 15.7. The molecule has 5 rings (SSSR count). The SMILES string of the molecule is Cn1cc(C(=O)c2cc(F)c3c(c2)C(=O)N(Cc2ccc(Cl)cn2)C3(O)c2ccc(Cl)cc2)cn1. The number of aromatic nitrogens is 3. The third-order valence-electron chi connectivity index (χ3n) is 5.89. The monoisotopic (exact) mass is 510 g/mol. The van der Waals surface area contributed by atoms with E-state index < -0.39 is 23.2 Å². The van der Waals surface area contributed by atoms with E-state index in [4.69, 9.17) is 23.2 Å². The van der Waals surface area contributed by atoms with Crippen LogP contribution in [0, 0.1) is 5.82 Å². The molecular formula is C25H17Cl2FN4O3. The molecule has 0 spiro atoms. The highest BCUT2D eigenvalue weighted by Gasteiger charge is 2.52. The lowest BCUT2D eigenvalue weighted by Crippen LogP contribution is -2.44. The molecular weight excluding hydrogens is 494 g/mol. The van der Waals surface area contributed by atoms with Gasteiger partial charge in [0.15, 0.2) is 11.5 Å². The van der Waals surface area contributed by atoms with Gasteiger partial charge in [-0.15, -0.1) is 0 Å². The number of carbonyl (C=O) groups is 2. The van der Waals surface area contributed by atoms with Crippen molar-refractivity contribution in [3.8, 4) is 0 Å². The molecule has 3 heterocycles. The quantitative estimate of drug-likeness (QED) is 0.403. The van der Waals surface area contributed by atoms with Crippen molar-refractivity contribution in [2.24, 2.45) is 7.05 Å². The van der Waals surface area contributed by atoms with Gasteiger partial charge in [-0.1, -0.05) is 35.3 Å². The number of fused-ring (bicyclic) bond motifs is 1. The molecule has 35 heavy (non-hydrogen) atoms. The number of nitrogens with zero attached hydrogens (tertiary/aromatic N) is 4. The lowest BCUT2D eigenvalue weighted by Gasteiger charge is -2.34. The predicted octanol–water partition coefficient (Wildman–Crippen LogP) is 4.34. The van der Waals surface area contributed by atoms with Crippen LogP contribution in [0.1, 0.15) is 43.1 Å². The Bertz CT molecular complexity index is 1470. The van der Waals surface area contributed by atoms with Crippen molar-refractivity contribution in [1.29, 1.82) is 0 Å². The fourth-order valence-corrected chi connectivity index (χ4v) is 4.46. The first-order chi connectivity index (χ1) is 16.7. The zero-order chi connectivity index (χ0) is 24.9. The Kier molecular flexibility index (Phi) is 5.67. The van der Waals surface area contributed by atoms with Crippen LogP contribution in [-0.2, 0) is 19.3 Å². The zero-order valence-electron chi connectivity index (χ0n) is 18.2. The highest BCUT2D eigenvalue weighted by molar-refractivity contribution is 6.30. The van der Waals surface area contributed by atoms with Crippen molar-refractivity contribution >= 4 is 34.9 Å². The molecule has 1 unspecified atom stereocenters. The first-order valence-corrected chi connectivity index (χ1v) is 11.2. The van der Waals surface area contributed by atoms with Gasteiger partial charge in [0.2, 0.25) is 0 Å². The molecule has 7 nitrogen and oxygen atoms in total. The maximum Gasteiger partial charge on any atom is 0.257 e. The molecule has 0 bridgehead atoms. The normalized spacial score (nSPS) is 17.1. The smallest absolute Gasteiger partial charge is 0.257 e. The van der Waals surface area contributed by atoms with Crippen molar-refractivity contribution < 1.29 is 19.1 Å². The summed E-state index contributed by atoms with van der Waals surface area (Å²) in [7, 11) is 1.65. The van der Waals surface area contributed by atoms with Gasteiger partial charge >= 0.3 is 0 Å². The van der Waals surface area contributed by atoms with Crippen LogP contribution in [-0.4, -0.2) is 36.5 Å². The second-order valence-electron chi connectivity index (χ2n) is 8.15. The van der Waals surface area contributed by atoms with Crippen LogP contribution in [0.4, 0.5) is 4.39 Å². The number of aryl methyl sites for hydroxylation is 1. The molecule has 0 radical (unpaired) electrons. The lowest BCUT2D eigenvalue weighted by atomic mass is 9.91. The minimum atomic E-state index is -2.17. The van der Waals surface area contributed by atoms with Gasteiger partial charge in [-0.05, 0) is 36.4 Å². The van der Waals surface area contributed by atoms with Crippen molar-refractivity contribution in [3.63, 3.8) is 0 Å². The summed E-state index contributed by atoms with van der Waals surface area (Å²) in [5, 5.41) is 16.7. The Hall–Kier alpha value is -3.59. The summed E-state index contributed by atoms with van der Waals surface area (Å²) in [6, 6.07) is 11.6. The highest BCUT2D eigenvalue weighted by atomic mass is 35.5. The molecule has 1 N–H and O–H groups in total. The number of rotatable bonds is 5. The number of amides is 1. The van der Waals surface area contributed by atoms with Crippen LogP contribution in [0.5, 0.6) is 0 Å². The highest BCUT2D eigenvalue weighted by Crippen LogP contribution is 2.45. The molecule has 4 aromatic rings. The zero-order valence-corrected chi connectivity index (χ0v) is 19.8. The number of carbonyl (C=O) groups excluding carboxylic acids is 2. The number of hydrogen-bond acceptors (Lipinski definition) is 5. The molecule has 0 saturated carbocycles. The first-order valence-electron chi connectivity index (χ1n) is 10.5. The summed E-state index contributed by atoms with van der Waals surface area (Å²) in [5.41, 5.74) is -1.67. The number of ketones is 1. The molecule has 1 amide bonds. The van der Waals surface area contributed by atoms with E-state index in [0.29, 0.717) is 15.7 Å². The van der Waals surface area contributed by atoms with Crippen molar-refractivity contribution in [1.82, 2.24) is 19.7 Å². The van der Waals surface area contributed by atoms with Crippen LogP contribution in [0.3, 0.4) is 0 Å². The summed E-state index contributed by atoms with van der Waals surface area (Å²) >= 11 is 11.9. The van der Waals surface area contributed by atoms with Gasteiger partial charge in [0.1, 0.15) is 5.82 Å². The van der Waals surface area contributed by atoms with Crippen LogP contribution >= 0.6 is 23.2 Å². The van der Waals surface area contributed by atoms with E-state index in [0.717, 1.165) is 11.0 Å². The van der Waals surface area contributed by atoms with Crippen molar-refractivity contribution in [2.75, 3.05) is 0 Å². The summed E-state index contributed by atoms with van der Waals surface area (Å²) < 4.78 is 17.1. The minimum absolute atomic E-state index is 0.0347. The molecule has 0 aliphatic carbocycles. The number of aliphatic hydroxyl groups is 1. The summed E-state index contributed by atoms with van der Waals surface area (Å²) in [5.74, 6) is -2.05. The third-order valence-corrected chi connectivity index (χ3v) is 6.37. The molecule has 1 aliphatic rings. The number of pyridine rings is 1. The predicted molar refractivity (Wildman–Crippen MR) is 127 cm³/mol. The van der Waals surface area contributed by atoms with E-state index in [1.807, 2.05) is 0 Å². The topological polar surface area (TPSA) is 88.3 Å². The number of halogens is 3. The van der Waals surface area contributed by atoms with Gasteiger partial charge < -0.3 is 5.11 Å². The van der Waals surface area contributed by atoms with Gasteiger partial charge in [-0.25, -0.2) is 4.39 Å². The molecule has 0 saturated heterocycles. The molecule has 10 heteroatoms. The Morgan fingerprint density at radius 3 is 2.40 bits per heavy atom. The van der Waals surface area contributed by atoms with Crippen LogP contribution in [0.15, 0.2) is 67.1 Å². The van der Waals surface area contributed by atoms with Crippen LogP contribution in [0.25, 0.3) is 0 Å². The van der Waals surface area contributed by atoms with E-state index in [-0.39, 0.29) is 34.4 Å². The average Bonchev–Trinajstić information content (AvgIpc) is 3.36. The Balaban J connectivity index is 1.66. The lowest BCUT2D eigenvalue weighted by molar-refractivity contribution is -0.0567. The molecule has 176 valence electrons. The summed E-state index contributed by atoms with van der Waals surface area (Å²) in [6.45, 7) is -0.144. The first kappa shape index (κ1) is 23.2.